The van der Waals surface area contributed by atoms with Crippen molar-refractivity contribution in [2.24, 2.45) is 0 Å². The standard InChI is InChI=1S/C10H10BrFN2O4/c11-6-2-1-5(3-7(6)12)14-10(18)13-4-8(15)9(16)17/h1-3,8,15H,4H2,(H,16,17)(H2,13,14,18). The lowest BCUT2D eigenvalue weighted by Gasteiger charge is -2.09. The number of carboxylic acids is 1. The van der Waals surface area contributed by atoms with Gasteiger partial charge in [-0.05, 0) is 34.1 Å². The van der Waals surface area contributed by atoms with Gasteiger partial charge in [0.05, 0.1) is 11.0 Å². The summed E-state index contributed by atoms with van der Waals surface area (Å²) < 4.78 is 13.4. The number of amides is 2. The Morgan fingerprint density at radius 2 is 2.11 bits per heavy atom. The summed E-state index contributed by atoms with van der Waals surface area (Å²) in [5, 5.41) is 21.7. The molecule has 1 atom stereocenters. The van der Waals surface area contributed by atoms with E-state index in [0.29, 0.717) is 0 Å². The zero-order valence-electron chi connectivity index (χ0n) is 8.98. The van der Waals surface area contributed by atoms with E-state index in [9.17, 15) is 14.0 Å². The second kappa shape index (κ2) is 6.31. The first-order chi connectivity index (χ1) is 8.40. The first kappa shape index (κ1) is 14.4. The van der Waals surface area contributed by atoms with Gasteiger partial charge in [-0.25, -0.2) is 14.0 Å². The van der Waals surface area contributed by atoms with Crippen molar-refractivity contribution in [3.8, 4) is 0 Å². The molecule has 0 radical (unpaired) electrons. The van der Waals surface area contributed by atoms with E-state index in [1.54, 1.807) is 0 Å². The van der Waals surface area contributed by atoms with Crippen LogP contribution in [0.1, 0.15) is 0 Å². The molecule has 1 rings (SSSR count). The average Bonchev–Trinajstić information content (AvgIpc) is 2.30. The number of carboxylic acid groups (broad SMARTS) is 1. The molecule has 18 heavy (non-hydrogen) atoms. The first-order valence-electron chi connectivity index (χ1n) is 4.81. The number of aliphatic hydroxyl groups excluding tert-OH is 1. The van der Waals surface area contributed by atoms with E-state index in [1.807, 2.05) is 0 Å². The lowest BCUT2D eigenvalue weighted by atomic mass is 10.3. The zero-order chi connectivity index (χ0) is 13.7. The predicted molar refractivity (Wildman–Crippen MR) is 64.8 cm³/mol. The number of aliphatic hydroxyl groups is 1. The van der Waals surface area contributed by atoms with Crippen molar-refractivity contribution < 1.29 is 24.2 Å². The van der Waals surface area contributed by atoms with Crippen molar-refractivity contribution in [1.29, 1.82) is 0 Å². The summed E-state index contributed by atoms with van der Waals surface area (Å²) in [4.78, 5) is 21.6. The quantitative estimate of drug-likeness (QED) is 0.669. The molecule has 0 bridgehead atoms. The van der Waals surface area contributed by atoms with Gasteiger partial charge in [0.25, 0.3) is 0 Å². The smallest absolute Gasteiger partial charge is 0.334 e. The van der Waals surface area contributed by atoms with Crippen LogP contribution in [-0.2, 0) is 4.79 Å². The van der Waals surface area contributed by atoms with Gasteiger partial charge in [-0.1, -0.05) is 0 Å². The van der Waals surface area contributed by atoms with Crippen LogP contribution in [-0.4, -0.2) is 34.9 Å². The van der Waals surface area contributed by atoms with Crippen LogP contribution in [0.2, 0.25) is 0 Å². The minimum Gasteiger partial charge on any atom is -0.479 e. The van der Waals surface area contributed by atoms with Crippen LogP contribution in [0.5, 0.6) is 0 Å². The molecule has 98 valence electrons. The molecule has 2 amide bonds. The van der Waals surface area contributed by atoms with Gasteiger partial charge in [-0.3, -0.25) is 0 Å². The SMILES string of the molecule is O=C(NCC(O)C(=O)O)Nc1ccc(Br)c(F)c1. The summed E-state index contributed by atoms with van der Waals surface area (Å²) in [7, 11) is 0. The molecular weight excluding hydrogens is 311 g/mol. The fourth-order valence-corrected chi connectivity index (χ4v) is 1.27. The maximum absolute atomic E-state index is 13.1. The van der Waals surface area contributed by atoms with Crippen molar-refractivity contribution in [2.45, 2.75) is 6.10 Å². The van der Waals surface area contributed by atoms with Crippen molar-refractivity contribution in [2.75, 3.05) is 11.9 Å². The van der Waals surface area contributed by atoms with Crippen LogP contribution < -0.4 is 10.6 Å². The molecule has 1 aromatic carbocycles. The molecule has 4 N–H and O–H groups in total. The number of rotatable bonds is 4. The number of nitrogens with one attached hydrogen (secondary N) is 2. The Morgan fingerprint density at radius 3 is 2.67 bits per heavy atom. The molecule has 0 saturated carbocycles. The normalized spacial score (nSPS) is 11.7. The van der Waals surface area contributed by atoms with E-state index in [0.717, 1.165) is 6.07 Å². The molecule has 0 aliphatic carbocycles. The van der Waals surface area contributed by atoms with Gasteiger partial charge in [0.15, 0.2) is 6.10 Å². The van der Waals surface area contributed by atoms with Gasteiger partial charge >= 0.3 is 12.0 Å². The second-order valence-electron chi connectivity index (χ2n) is 3.32. The molecule has 0 aliphatic rings. The van der Waals surface area contributed by atoms with Crippen molar-refractivity contribution in [3.05, 3.63) is 28.5 Å². The third kappa shape index (κ3) is 4.30. The topological polar surface area (TPSA) is 98.7 Å². The van der Waals surface area contributed by atoms with Gasteiger partial charge in [0, 0.05) is 5.69 Å². The highest BCUT2D eigenvalue weighted by molar-refractivity contribution is 9.10. The Morgan fingerprint density at radius 1 is 1.44 bits per heavy atom. The predicted octanol–water partition coefficient (Wildman–Crippen LogP) is 1.16. The minimum absolute atomic E-state index is 0.206. The van der Waals surface area contributed by atoms with Crippen molar-refractivity contribution in [1.82, 2.24) is 5.32 Å². The van der Waals surface area contributed by atoms with Crippen molar-refractivity contribution in [3.63, 3.8) is 0 Å². The van der Waals surface area contributed by atoms with E-state index >= 15 is 0 Å². The summed E-state index contributed by atoms with van der Waals surface area (Å²) in [5.41, 5.74) is 0.206. The van der Waals surface area contributed by atoms with Crippen LogP contribution in [0.4, 0.5) is 14.9 Å². The number of carbonyl (C=O) groups is 2. The van der Waals surface area contributed by atoms with E-state index in [2.05, 4.69) is 26.6 Å². The Kier molecular flexibility index (Phi) is 5.05. The highest BCUT2D eigenvalue weighted by Crippen LogP contribution is 2.19. The third-order valence-corrected chi connectivity index (χ3v) is 2.56. The summed E-state index contributed by atoms with van der Waals surface area (Å²) in [6, 6.07) is 3.23. The van der Waals surface area contributed by atoms with Gasteiger partial charge in [-0.2, -0.15) is 0 Å². The molecule has 0 aromatic heterocycles. The Balaban J connectivity index is 2.49. The molecule has 6 nitrogen and oxygen atoms in total. The zero-order valence-corrected chi connectivity index (χ0v) is 10.6. The van der Waals surface area contributed by atoms with Crippen LogP contribution in [0, 0.1) is 5.82 Å². The van der Waals surface area contributed by atoms with E-state index in [-0.39, 0.29) is 10.2 Å². The van der Waals surface area contributed by atoms with Gasteiger partial charge in [0.1, 0.15) is 5.82 Å². The molecule has 1 unspecified atom stereocenters. The highest BCUT2D eigenvalue weighted by Gasteiger charge is 2.14. The molecule has 0 spiro atoms. The molecule has 8 heteroatoms. The molecule has 0 heterocycles. The summed E-state index contributed by atoms with van der Waals surface area (Å²) in [6.07, 6.45) is -1.68. The van der Waals surface area contributed by atoms with Crippen molar-refractivity contribution >= 4 is 33.6 Å². The number of urea groups is 1. The fourth-order valence-electron chi connectivity index (χ4n) is 1.03. The Bertz CT molecular complexity index is 469. The number of benzene rings is 1. The number of halogens is 2. The van der Waals surface area contributed by atoms with E-state index < -0.39 is 30.5 Å². The van der Waals surface area contributed by atoms with Crippen LogP contribution >= 0.6 is 15.9 Å². The summed E-state index contributed by atoms with van der Waals surface area (Å²) in [5.74, 6) is -1.98. The fraction of sp³-hybridized carbons (Fsp3) is 0.200. The highest BCUT2D eigenvalue weighted by atomic mass is 79.9. The molecular formula is C10H10BrFN2O4. The van der Waals surface area contributed by atoms with Gasteiger partial charge in [-0.15, -0.1) is 0 Å². The number of carbonyl (C=O) groups excluding carboxylic acids is 1. The van der Waals surface area contributed by atoms with E-state index in [1.165, 1.54) is 12.1 Å². The third-order valence-electron chi connectivity index (χ3n) is 1.92. The molecule has 0 aliphatic heterocycles. The monoisotopic (exact) mass is 320 g/mol. The Hall–Kier alpha value is -1.67. The average molecular weight is 321 g/mol. The molecule has 1 aromatic rings. The largest absolute Gasteiger partial charge is 0.479 e. The lowest BCUT2D eigenvalue weighted by molar-refractivity contribution is -0.146. The van der Waals surface area contributed by atoms with Gasteiger partial charge < -0.3 is 20.8 Å². The first-order valence-corrected chi connectivity index (χ1v) is 5.60. The maximum atomic E-state index is 13.1. The van der Waals surface area contributed by atoms with Gasteiger partial charge in [0.2, 0.25) is 0 Å². The van der Waals surface area contributed by atoms with Crippen LogP contribution in [0.3, 0.4) is 0 Å². The maximum Gasteiger partial charge on any atom is 0.334 e. The van der Waals surface area contributed by atoms with Crippen LogP contribution in [0.25, 0.3) is 0 Å². The van der Waals surface area contributed by atoms with Crippen LogP contribution in [0.15, 0.2) is 22.7 Å². The second-order valence-corrected chi connectivity index (χ2v) is 4.17. The number of anilines is 1. The Labute approximate surface area is 110 Å². The van der Waals surface area contributed by atoms with E-state index in [4.69, 9.17) is 10.2 Å². The number of aliphatic carboxylic acids is 1. The molecule has 0 saturated heterocycles. The minimum atomic E-state index is -1.68. The number of hydrogen-bond donors (Lipinski definition) is 4. The number of hydrogen-bond acceptors (Lipinski definition) is 3. The molecule has 0 fully saturated rings. The lowest BCUT2D eigenvalue weighted by Crippen LogP contribution is -2.38. The summed E-state index contributed by atoms with van der Waals surface area (Å²) in [6.45, 7) is -0.444. The summed E-state index contributed by atoms with van der Waals surface area (Å²) >= 11 is 2.96.